The summed E-state index contributed by atoms with van der Waals surface area (Å²) in [6.07, 6.45) is 3.66. The topological polar surface area (TPSA) is 64.0 Å². The number of aromatic nitrogens is 2. The molecule has 0 bridgehead atoms. The number of nitrogens with one attached hydrogen (secondary N) is 1. The van der Waals surface area contributed by atoms with Crippen LogP contribution in [0.5, 0.6) is 0 Å². The molecule has 6 heteroatoms. The third-order valence-corrected chi connectivity index (χ3v) is 6.42. The van der Waals surface area contributed by atoms with Gasteiger partial charge in [0.25, 0.3) is 5.56 Å². The molecular weight excluding hydrogens is 382 g/mol. The second-order valence-corrected chi connectivity index (χ2v) is 8.67. The molecule has 1 saturated carbocycles. The van der Waals surface area contributed by atoms with Crippen molar-refractivity contribution in [1.82, 2.24) is 14.9 Å². The molecule has 0 saturated heterocycles. The van der Waals surface area contributed by atoms with E-state index < -0.39 is 0 Å². The van der Waals surface area contributed by atoms with Crippen LogP contribution in [0.3, 0.4) is 0 Å². The van der Waals surface area contributed by atoms with Gasteiger partial charge in [0.15, 0.2) is 5.16 Å². The van der Waals surface area contributed by atoms with E-state index in [-0.39, 0.29) is 17.2 Å². The minimum atomic E-state index is -0.111. The fourth-order valence-electron chi connectivity index (χ4n) is 3.61. The summed E-state index contributed by atoms with van der Waals surface area (Å²) in [4.78, 5) is 30.3. The standard InChI is InChI=1S/C23H25N3O2S/c1-15-10-11-20(16(2)12-15)26-22(28)18-8-3-4-9-19(18)25-23(26)29-14-21(27)24-13-17-6-5-7-17/h3-4,8-12,17H,5-7,13-14H2,1-2H3,(H,24,27). The van der Waals surface area contributed by atoms with Crippen LogP contribution in [0.15, 0.2) is 52.4 Å². The van der Waals surface area contributed by atoms with E-state index in [4.69, 9.17) is 4.98 Å². The number of aryl methyl sites for hydroxylation is 2. The molecule has 0 aliphatic heterocycles. The molecule has 4 rings (SSSR count). The Kier molecular flexibility index (Phi) is 5.72. The molecule has 0 spiro atoms. The molecule has 2 aromatic carbocycles. The first-order chi connectivity index (χ1) is 14.0. The van der Waals surface area contributed by atoms with Crippen molar-refractivity contribution in [2.24, 2.45) is 5.92 Å². The zero-order valence-electron chi connectivity index (χ0n) is 16.8. The van der Waals surface area contributed by atoms with Gasteiger partial charge in [0.05, 0.1) is 22.3 Å². The maximum Gasteiger partial charge on any atom is 0.266 e. The first kappa shape index (κ1) is 19.7. The van der Waals surface area contributed by atoms with Crippen molar-refractivity contribution in [1.29, 1.82) is 0 Å². The lowest BCUT2D eigenvalue weighted by molar-refractivity contribution is -0.118. The van der Waals surface area contributed by atoms with Crippen molar-refractivity contribution in [2.75, 3.05) is 12.3 Å². The van der Waals surface area contributed by atoms with Gasteiger partial charge in [-0.3, -0.25) is 14.2 Å². The van der Waals surface area contributed by atoms with Gasteiger partial charge in [0.2, 0.25) is 5.91 Å². The molecule has 1 fully saturated rings. The van der Waals surface area contributed by atoms with Gasteiger partial charge in [-0.25, -0.2) is 4.98 Å². The molecule has 150 valence electrons. The summed E-state index contributed by atoms with van der Waals surface area (Å²) in [6, 6.07) is 13.3. The summed E-state index contributed by atoms with van der Waals surface area (Å²) >= 11 is 1.31. The molecule has 1 heterocycles. The van der Waals surface area contributed by atoms with Gasteiger partial charge < -0.3 is 5.32 Å². The fourth-order valence-corrected chi connectivity index (χ4v) is 4.45. The Labute approximate surface area is 174 Å². The van der Waals surface area contributed by atoms with Crippen LogP contribution in [0, 0.1) is 19.8 Å². The van der Waals surface area contributed by atoms with E-state index in [0.717, 1.165) is 23.4 Å². The Morgan fingerprint density at radius 2 is 2.00 bits per heavy atom. The van der Waals surface area contributed by atoms with Gasteiger partial charge in [0, 0.05) is 6.54 Å². The van der Waals surface area contributed by atoms with Gasteiger partial charge >= 0.3 is 0 Å². The minimum absolute atomic E-state index is 0.0171. The third kappa shape index (κ3) is 4.22. The van der Waals surface area contributed by atoms with Gasteiger partial charge in [-0.1, -0.05) is 48.0 Å². The maximum atomic E-state index is 13.3. The molecular formula is C23H25N3O2S. The van der Waals surface area contributed by atoms with E-state index in [1.807, 2.05) is 44.2 Å². The van der Waals surface area contributed by atoms with Crippen LogP contribution in [0.25, 0.3) is 16.6 Å². The zero-order valence-corrected chi connectivity index (χ0v) is 17.6. The Morgan fingerprint density at radius 1 is 1.21 bits per heavy atom. The van der Waals surface area contributed by atoms with E-state index in [9.17, 15) is 9.59 Å². The fraction of sp³-hybridized carbons (Fsp3) is 0.348. The SMILES string of the molecule is Cc1ccc(-n2c(SCC(=O)NCC3CCC3)nc3ccccc3c2=O)c(C)c1. The molecule has 0 unspecified atom stereocenters. The molecule has 1 aliphatic carbocycles. The highest BCUT2D eigenvalue weighted by molar-refractivity contribution is 7.99. The lowest BCUT2D eigenvalue weighted by Crippen LogP contribution is -2.33. The molecule has 5 nitrogen and oxygen atoms in total. The number of fused-ring (bicyclic) bond motifs is 1. The Morgan fingerprint density at radius 3 is 2.72 bits per heavy atom. The molecule has 1 aromatic heterocycles. The largest absolute Gasteiger partial charge is 0.355 e. The van der Waals surface area contributed by atoms with Gasteiger partial charge in [0.1, 0.15) is 0 Å². The summed E-state index contributed by atoms with van der Waals surface area (Å²) < 4.78 is 1.64. The summed E-state index contributed by atoms with van der Waals surface area (Å²) in [7, 11) is 0. The van der Waals surface area contributed by atoms with E-state index in [0.29, 0.717) is 22.0 Å². The van der Waals surface area contributed by atoms with Crippen molar-refractivity contribution in [3.8, 4) is 5.69 Å². The molecule has 0 radical (unpaired) electrons. The van der Waals surface area contributed by atoms with E-state index in [1.165, 1.54) is 31.0 Å². The van der Waals surface area contributed by atoms with Crippen LogP contribution in [-0.4, -0.2) is 27.8 Å². The lowest BCUT2D eigenvalue weighted by atomic mass is 9.85. The Balaban J connectivity index is 1.67. The number of amides is 1. The quantitative estimate of drug-likeness (QED) is 0.495. The highest BCUT2D eigenvalue weighted by Gasteiger charge is 2.19. The van der Waals surface area contributed by atoms with Gasteiger partial charge in [-0.05, 0) is 56.4 Å². The number of rotatable bonds is 6. The Hall–Kier alpha value is -2.60. The maximum absolute atomic E-state index is 13.3. The number of nitrogens with zero attached hydrogens (tertiary/aromatic N) is 2. The average Bonchev–Trinajstić information content (AvgIpc) is 2.66. The molecule has 0 atom stereocenters. The number of hydrogen-bond acceptors (Lipinski definition) is 4. The molecule has 3 aromatic rings. The van der Waals surface area contributed by atoms with Crippen LogP contribution < -0.4 is 10.9 Å². The number of para-hydroxylation sites is 1. The van der Waals surface area contributed by atoms with Crippen LogP contribution in [0.2, 0.25) is 0 Å². The highest BCUT2D eigenvalue weighted by Crippen LogP contribution is 2.26. The minimum Gasteiger partial charge on any atom is -0.355 e. The second kappa shape index (κ2) is 8.41. The summed E-state index contributed by atoms with van der Waals surface area (Å²) in [5.74, 6) is 0.843. The van der Waals surface area contributed by atoms with Crippen molar-refractivity contribution < 1.29 is 4.79 Å². The van der Waals surface area contributed by atoms with Crippen LogP contribution in [0.4, 0.5) is 0 Å². The summed E-state index contributed by atoms with van der Waals surface area (Å²) in [6.45, 7) is 4.76. The van der Waals surface area contributed by atoms with E-state index in [1.54, 1.807) is 10.6 Å². The normalized spacial score (nSPS) is 14.0. The number of carbonyl (C=O) groups is 1. The smallest absolute Gasteiger partial charge is 0.266 e. The molecule has 29 heavy (non-hydrogen) atoms. The van der Waals surface area contributed by atoms with Crippen molar-refractivity contribution in [3.05, 3.63) is 63.9 Å². The molecule has 1 aliphatic rings. The van der Waals surface area contributed by atoms with Gasteiger partial charge in [-0.2, -0.15) is 0 Å². The predicted molar refractivity (Wildman–Crippen MR) is 118 cm³/mol. The van der Waals surface area contributed by atoms with Crippen LogP contribution >= 0.6 is 11.8 Å². The lowest BCUT2D eigenvalue weighted by Gasteiger charge is -2.25. The zero-order chi connectivity index (χ0) is 20.4. The number of hydrogen-bond donors (Lipinski definition) is 1. The molecule has 1 N–H and O–H groups in total. The van der Waals surface area contributed by atoms with E-state index >= 15 is 0 Å². The highest BCUT2D eigenvalue weighted by atomic mass is 32.2. The third-order valence-electron chi connectivity index (χ3n) is 5.48. The van der Waals surface area contributed by atoms with Crippen molar-refractivity contribution >= 4 is 28.6 Å². The van der Waals surface area contributed by atoms with Crippen LogP contribution in [-0.2, 0) is 4.79 Å². The average molecular weight is 408 g/mol. The van der Waals surface area contributed by atoms with E-state index in [2.05, 4.69) is 11.4 Å². The van der Waals surface area contributed by atoms with Crippen molar-refractivity contribution in [3.63, 3.8) is 0 Å². The number of carbonyl (C=O) groups excluding carboxylic acids is 1. The first-order valence-corrected chi connectivity index (χ1v) is 11.0. The van der Waals surface area contributed by atoms with Crippen molar-refractivity contribution in [2.45, 2.75) is 38.3 Å². The summed E-state index contributed by atoms with van der Waals surface area (Å²) in [5.41, 5.74) is 3.48. The molecule has 1 amide bonds. The monoisotopic (exact) mass is 407 g/mol. The number of benzene rings is 2. The first-order valence-electron chi connectivity index (χ1n) is 10.0. The second-order valence-electron chi connectivity index (χ2n) is 7.73. The Bertz CT molecular complexity index is 1120. The number of thioether (sulfide) groups is 1. The van der Waals surface area contributed by atoms with Gasteiger partial charge in [-0.15, -0.1) is 0 Å². The summed E-state index contributed by atoms with van der Waals surface area (Å²) in [5, 5.41) is 4.13. The van der Waals surface area contributed by atoms with Crippen LogP contribution in [0.1, 0.15) is 30.4 Å². The predicted octanol–water partition coefficient (Wildman–Crippen LogP) is 4.01.